The monoisotopic (exact) mass is 322 g/mol. The molecule has 1 atom stereocenters. The van der Waals surface area contributed by atoms with E-state index >= 15 is 0 Å². The normalized spacial score (nSPS) is 16.2. The van der Waals surface area contributed by atoms with Gasteiger partial charge in [0.05, 0.1) is 0 Å². The van der Waals surface area contributed by atoms with Crippen LogP contribution in [0.3, 0.4) is 0 Å². The number of aryl methyl sites for hydroxylation is 1. The van der Waals surface area contributed by atoms with Crippen molar-refractivity contribution >= 4 is 17.5 Å². The molecule has 1 unspecified atom stereocenters. The highest BCUT2D eigenvalue weighted by atomic mass is 16.2. The third-order valence-electron chi connectivity index (χ3n) is 4.35. The maximum absolute atomic E-state index is 12.9. The predicted molar refractivity (Wildman–Crippen MR) is 95.1 cm³/mol. The number of unbranched alkanes of at least 4 members (excludes halogenated alkanes) is 1. The number of anilines is 1. The molecule has 1 N–H and O–H groups in total. The minimum atomic E-state index is -0.603. The third kappa shape index (κ3) is 2.92. The second-order valence-corrected chi connectivity index (χ2v) is 6.15. The van der Waals surface area contributed by atoms with Crippen molar-refractivity contribution < 1.29 is 9.59 Å². The topological polar surface area (TPSA) is 49.4 Å². The molecule has 1 aliphatic heterocycles. The van der Waals surface area contributed by atoms with Gasteiger partial charge >= 0.3 is 0 Å². The van der Waals surface area contributed by atoms with Crippen LogP contribution < -0.4 is 10.2 Å². The second-order valence-electron chi connectivity index (χ2n) is 6.15. The van der Waals surface area contributed by atoms with Gasteiger partial charge in [0.25, 0.3) is 5.91 Å². The lowest BCUT2D eigenvalue weighted by atomic mass is 10.0. The van der Waals surface area contributed by atoms with E-state index in [4.69, 9.17) is 0 Å². The Morgan fingerprint density at radius 1 is 1.12 bits per heavy atom. The van der Waals surface area contributed by atoms with Crippen LogP contribution in [0.1, 0.15) is 47.3 Å². The van der Waals surface area contributed by atoms with Gasteiger partial charge in [0.1, 0.15) is 6.04 Å². The lowest BCUT2D eigenvalue weighted by Gasteiger charge is -2.25. The number of fused-ring (bicyclic) bond motifs is 1. The van der Waals surface area contributed by atoms with Crippen LogP contribution in [0.25, 0.3) is 0 Å². The number of benzene rings is 2. The number of nitrogens with zero attached hydrogens (tertiary/aromatic N) is 1. The average Bonchev–Trinajstić information content (AvgIpc) is 2.89. The Balaban J connectivity index is 1.98. The zero-order valence-electron chi connectivity index (χ0n) is 14.1. The van der Waals surface area contributed by atoms with Crippen LogP contribution in [0.2, 0.25) is 0 Å². The number of carbonyl (C=O) groups is 2. The lowest BCUT2D eigenvalue weighted by molar-refractivity contribution is -0.122. The summed E-state index contributed by atoms with van der Waals surface area (Å²) in [7, 11) is 0. The maximum Gasteiger partial charge on any atom is 0.259 e. The fourth-order valence-corrected chi connectivity index (χ4v) is 3.03. The van der Waals surface area contributed by atoms with E-state index in [1.54, 1.807) is 11.0 Å². The van der Waals surface area contributed by atoms with Crippen LogP contribution in [0, 0.1) is 6.92 Å². The Morgan fingerprint density at radius 3 is 2.54 bits per heavy atom. The van der Waals surface area contributed by atoms with Crippen LogP contribution >= 0.6 is 0 Å². The van der Waals surface area contributed by atoms with Crippen LogP contribution in [-0.4, -0.2) is 18.4 Å². The Hall–Kier alpha value is -2.62. The van der Waals surface area contributed by atoms with E-state index in [1.165, 1.54) is 0 Å². The molecule has 124 valence electrons. The highest BCUT2D eigenvalue weighted by Crippen LogP contribution is 2.37. The molecule has 0 saturated heterocycles. The van der Waals surface area contributed by atoms with Crippen molar-refractivity contribution in [3.63, 3.8) is 0 Å². The van der Waals surface area contributed by atoms with Crippen molar-refractivity contribution in [2.45, 2.75) is 32.7 Å². The summed E-state index contributed by atoms with van der Waals surface area (Å²) >= 11 is 0. The zero-order chi connectivity index (χ0) is 17.1. The summed E-state index contributed by atoms with van der Waals surface area (Å²) in [4.78, 5) is 27.2. The molecule has 0 radical (unpaired) electrons. The van der Waals surface area contributed by atoms with Crippen LogP contribution in [-0.2, 0) is 4.79 Å². The van der Waals surface area contributed by atoms with Gasteiger partial charge in [0, 0.05) is 17.8 Å². The standard InChI is InChI=1S/C20H22N2O2/c1-3-4-13-21-19(23)18-16-7-5-6-8-17(16)20(24)22(18)15-11-9-14(2)10-12-15/h5-12,18H,3-4,13H2,1-2H3,(H,21,23). The quantitative estimate of drug-likeness (QED) is 0.855. The number of hydrogen-bond donors (Lipinski definition) is 1. The van der Waals surface area contributed by atoms with E-state index in [1.807, 2.05) is 49.4 Å². The number of nitrogens with one attached hydrogen (secondary N) is 1. The van der Waals surface area contributed by atoms with E-state index < -0.39 is 6.04 Å². The summed E-state index contributed by atoms with van der Waals surface area (Å²) in [6.07, 6.45) is 1.95. The molecule has 0 aromatic heterocycles. The SMILES string of the molecule is CCCCNC(=O)C1c2ccccc2C(=O)N1c1ccc(C)cc1. The summed E-state index contributed by atoms with van der Waals surface area (Å²) in [5, 5.41) is 2.97. The number of carbonyl (C=O) groups excluding carboxylic acids is 2. The summed E-state index contributed by atoms with van der Waals surface area (Å²) in [5.74, 6) is -0.243. The minimum Gasteiger partial charge on any atom is -0.354 e. The molecule has 2 aromatic rings. The van der Waals surface area contributed by atoms with Gasteiger partial charge in [-0.1, -0.05) is 49.2 Å². The second kappa shape index (κ2) is 6.87. The van der Waals surface area contributed by atoms with Crippen molar-refractivity contribution in [1.29, 1.82) is 0 Å². The Kier molecular flexibility index (Phi) is 4.65. The summed E-state index contributed by atoms with van der Waals surface area (Å²) in [5.41, 5.74) is 3.25. The summed E-state index contributed by atoms with van der Waals surface area (Å²) < 4.78 is 0. The molecule has 0 bridgehead atoms. The zero-order valence-corrected chi connectivity index (χ0v) is 14.1. The molecule has 0 fully saturated rings. The molecule has 4 nitrogen and oxygen atoms in total. The fraction of sp³-hybridized carbons (Fsp3) is 0.300. The van der Waals surface area contributed by atoms with E-state index in [0.717, 1.165) is 29.7 Å². The largest absolute Gasteiger partial charge is 0.354 e. The summed E-state index contributed by atoms with van der Waals surface area (Å²) in [6.45, 7) is 4.71. The molecular weight excluding hydrogens is 300 g/mol. The molecule has 24 heavy (non-hydrogen) atoms. The van der Waals surface area contributed by atoms with Gasteiger partial charge in [-0.25, -0.2) is 0 Å². The Labute approximate surface area is 142 Å². The first kappa shape index (κ1) is 16.2. The Morgan fingerprint density at radius 2 is 1.83 bits per heavy atom. The number of hydrogen-bond acceptors (Lipinski definition) is 2. The maximum atomic E-state index is 12.9. The van der Waals surface area contributed by atoms with Crippen LogP contribution in [0.5, 0.6) is 0 Å². The molecule has 3 rings (SSSR count). The van der Waals surface area contributed by atoms with Gasteiger partial charge in [-0.05, 0) is 37.1 Å². The third-order valence-corrected chi connectivity index (χ3v) is 4.35. The van der Waals surface area contributed by atoms with Gasteiger partial charge in [0.2, 0.25) is 5.91 Å². The molecule has 0 spiro atoms. The van der Waals surface area contributed by atoms with E-state index in [2.05, 4.69) is 12.2 Å². The first-order valence-corrected chi connectivity index (χ1v) is 8.40. The highest BCUT2D eigenvalue weighted by molar-refractivity contribution is 6.15. The van der Waals surface area contributed by atoms with Gasteiger partial charge < -0.3 is 5.32 Å². The van der Waals surface area contributed by atoms with Crippen molar-refractivity contribution in [3.05, 3.63) is 65.2 Å². The van der Waals surface area contributed by atoms with Gasteiger partial charge in [0.15, 0.2) is 0 Å². The van der Waals surface area contributed by atoms with E-state index in [0.29, 0.717) is 12.1 Å². The summed E-state index contributed by atoms with van der Waals surface area (Å²) in [6, 6.07) is 14.5. The molecule has 1 aliphatic rings. The van der Waals surface area contributed by atoms with Gasteiger partial charge in [-0.2, -0.15) is 0 Å². The molecule has 0 saturated carbocycles. The van der Waals surface area contributed by atoms with Gasteiger partial charge in [-0.3, -0.25) is 14.5 Å². The van der Waals surface area contributed by atoms with Crippen molar-refractivity contribution in [1.82, 2.24) is 5.32 Å². The van der Waals surface area contributed by atoms with Crippen LogP contribution in [0.15, 0.2) is 48.5 Å². The van der Waals surface area contributed by atoms with Crippen LogP contribution in [0.4, 0.5) is 5.69 Å². The van der Waals surface area contributed by atoms with E-state index in [-0.39, 0.29) is 11.8 Å². The molecule has 2 amide bonds. The van der Waals surface area contributed by atoms with Gasteiger partial charge in [-0.15, -0.1) is 0 Å². The smallest absolute Gasteiger partial charge is 0.259 e. The Bertz CT molecular complexity index is 752. The molecule has 4 heteroatoms. The highest BCUT2D eigenvalue weighted by Gasteiger charge is 2.41. The molecule has 1 heterocycles. The molecule has 0 aliphatic carbocycles. The number of rotatable bonds is 5. The molecule has 2 aromatic carbocycles. The van der Waals surface area contributed by atoms with Crippen molar-refractivity contribution in [2.24, 2.45) is 0 Å². The van der Waals surface area contributed by atoms with Crippen molar-refractivity contribution in [2.75, 3.05) is 11.4 Å². The first-order valence-electron chi connectivity index (χ1n) is 8.40. The molecular formula is C20H22N2O2. The fourth-order valence-electron chi connectivity index (χ4n) is 3.03. The predicted octanol–water partition coefficient (Wildman–Crippen LogP) is 3.61. The first-order chi connectivity index (χ1) is 11.6. The van der Waals surface area contributed by atoms with E-state index in [9.17, 15) is 9.59 Å². The minimum absolute atomic E-state index is 0.120. The number of amides is 2. The average molecular weight is 322 g/mol. The lowest BCUT2D eigenvalue weighted by Crippen LogP contribution is -2.39. The van der Waals surface area contributed by atoms with Crippen molar-refractivity contribution in [3.8, 4) is 0 Å².